The molecule has 1 unspecified atom stereocenters. The zero-order valence-corrected chi connectivity index (χ0v) is 20.0. The number of aromatic nitrogens is 1. The molecule has 1 atom stereocenters. The Morgan fingerprint density at radius 1 is 1.06 bits per heavy atom. The lowest BCUT2D eigenvalue weighted by Gasteiger charge is -2.23. The van der Waals surface area contributed by atoms with Crippen LogP contribution in [0.5, 0.6) is 11.5 Å². The molecule has 2 amide bonds. The van der Waals surface area contributed by atoms with Crippen molar-refractivity contribution >= 4 is 34.0 Å². The van der Waals surface area contributed by atoms with E-state index in [0.29, 0.717) is 23.8 Å². The van der Waals surface area contributed by atoms with E-state index in [1.807, 2.05) is 52.7 Å². The Bertz CT molecular complexity index is 1520. The number of rotatable bonds is 4. The van der Waals surface area contributed by atoms with Crippen LogP contribution in [0.4, 0.5) is 10.8 Å². The predicted octanol–water partition coefficient (Wildman–Crippen LogP) is 4.56. The average Bonchev–Trinajstić information content (AvgIpc) is 3.69. The lowest BCUT2D eigenvalue weighted by Crippen LogP contribution is -2.42. The molecule has 178 valence electrons. The van der Waals surface area contributed by atoms with Crippen LogP contribution in [0.15, 0.2) is 72.2 Å². The third-order valence-corrected chi connectivity index (χ3v) is 7.86. The molecule has 7 rings (SSSR count). The summed E-state index contributed by atoms with van der Waals surface area (Å²) < 4.78 is 11.8. The van der Waals surface area contributed by atoms with Crippen molar-refractivity contribution in [3.63, 3.8) is 0 Å². The molecule has 0 saturated heterocycles. The summed E-state index contributed by atoms with van der Waals surface area (Å²) in [5, 5.41) is 5.16. The lowest BCUT2D eigenvalue weighted by atomic mass is 9.76. The number of nitrogens with zero attached hydrogens (tertiary/aromatic N) is 2. The van der Waals surface area contributed by atoms with Crippen LogP contribution in [0.1, 0.15) is 32.6 Å². The predicted molar refractivity (Wildman–Crippen MR) is 136 cm³/mol. The van der Waals surface area contributed by atoms with Crippen molar-refractivity contribution in [2.45, 2.75) is 18.4 Å². The van der Waals surface area contributed by atoms with E-state index in [4.69, 9.17) is 9.47 Å². The van der Waals surface area contributed by atoms with Gasteiger partial charge in [-0.15, -0.1) is 11.3 Å². The number of thiazole rings is 1. The van der Waals surface area contributed by atoms with Gasteiger partial charge in [0.1, 0.15) is 23.5 Å². The first-order valence-corrected chi connectivity index (χ1v) is 12.7. The first-order valence-electron chi connectivity index (χ1n) is 11.8. The molecule has 3 aliphatic heterocycles. The number of carbonyl (C=O) groups is 2. The van der Waals surface area contributed by atoms with Gasteiger partial charge in [-0.25, -0.2) is 4.98 Å². The van der Waals surface area contributed by atoms with Gasteiger partial charge >= 0.3 is 0 Å². The van der Waals surface area contributed by atoms with E-state index >= 15 is 0 Å². The number of benzene rings is 3. The first-order chi connectivity index (χ1) is 17.6. The number of fused-ring (bicyclic) bond motifs is 5. The maximum absolute atomic E-state index is 14.2. The van der Waals surface area contributed by atoms with Crippen molar-refractivity contribution in [1.82, 2.24) is 4.98 Å². The Labute approximate surface area is 211 Å². The van der Waals surface area contributed by atoms with Crippen molar-refractivity contribution in [2.75, 3.05) is 23.4 Å². The molecular formula is C28H21N3O4S. The van der Waals surface area contributed by atoms with Crippen LogP contribution in [-0.4, -0.2) is 30.0 Å². The number of para-hydroxylation sites is 1. The Morgan fingerprint density at radius 2 is 1.92 bits per heavy atom. The van der Waals surface area contributed by atoms with Crippen LogP contribution in [0.2, 0.25) is 0 Å². The van der Waals surface area contributed by atoms with Crippen molar-refractivity contribution < 1.29 is 19.1 Å². The molecule has 0 aliphatic carbocycles. The van der Waals surface area contributed by atoms with Crippen LogP contribution in [-0.2, 0) is 23.2 Å². The summed E-state index contributed by atoms with van der Waals surface area (Å²) in [4.78, 5) is 32.6. The highest BCUT2D eigenvalue weighted by Gasteiger charge is 2.57. The highest BCUT2D eigenvalue weighted by Crippen LogP contribution is 2.54. The van der Waals surface area contributed by atoms with Gasteiger partial charge in [-0.1, -0.05) is 30.3 Å². The summed E-state index contributed by atoms with van der Waals surface area (Å²) >= 11 is 1.37. The van der Waals surface area contributed by atoms with E-state index in [2.05, 4.69) is 16.4 Å². The summed E-state index contributed by atoms with van der Waals surface area (Å²) in [5.41, 5.74) is 4.50. The molecule has 0 radical (unpaired) electrons. The molecule has 0 fully saturated rings. The Balaban J connectivity index is 1.20. The van der Waals surface area contributed by atoms with Crippen LogP contribution in [0.25, 0.3) is 0 Å². The van der Waals surface area contributed by atoms with Gasteiger partial charge in [0.25, 0.3) is 5.91 Å². The number of hydrogen-bond donors (Lipinski definition) is 1. The third kappa shape index (κ3) is 3.07. The Kier molecular flexibility index (Phi) is 4.65. The number of amides is 2. The minimum atomic E-state index is -0.864. The fourth-order valence-electron chi connectivity index (χ4n) is 5.40. The number of anilines is 2. The van der Waals surface area contributed by atoms with Gasteiger partial charge < -0.3 is 14.4 Å². The van der Waals surface area contributed by atoms with E-state index in [-0.39, 0.29) is 18.4 Å². The largest absolute Gasteiger partial charge is 0.493 e. The maximum Gasteiger partial charge on any atom is 0.257 e. The van der Waals surface area contributed by atoms with E-state index < -0.39 is 5.41 Å². The van der Waals surface area contributed by atoms with Crippen molar-refractivity contribution in [3.8, 4) is 11.5 Å². The smallest absolute Gasteiger partial charge is 0.257 e. The van der Waals surface area contributed by atoms with E-state index in [1.54, 1.807) is 18.3 Å². The molecule has 8 heteroatoms. The van der Waals surface area contributed by atoms with E-state index in [1.165, 1.54) is 11.3 Å². The molecule has 1 aromatic heterocycles. The van der Waals surface area contributed by atoms with Crippen molar-refractivity contribution in [1.29, 1.82) is 0 Å². The second kappa shape index (κ2) is 7.93. The van der Waals surface area contributed by atoms with Gasteiger partial charge in [0.2, 0.25) is 5.91 Å². The van der Waals surface area contributed by atoms with E-state index in [9.17, 15) is 9.59 Å². The third-order valence-electron chi connectivity index (χ3n) is 7.17. The SMILES string of the molecule is O=C(Nc1nccs1)c1ccc(CN2C(=O)C3(COc4cc5c(cc43)CCO5)c3ccccc32)cc1. The number of nitrogens with one attached hydrogen (secondary N) is 1. The Morgan fingerprint density at radius 3 is 2.75 bits per heavy atom. The van der Waals surface area contributed by atoms with Gasteiger partial charge in [0.05, 0.1) is 13.2 Å². The van der Waals surface area contributed by atoms with Crippen LogP contribution in [0.3, 0.4) is 0 Å². The molecule has 1 N–H and O–H groups in total. The molecule has 0 bridgehead atoms. The summed E-state index contributed by atoms with van der Waals surface area (Å²) in [6.07, 6.45) is 2.48. The molecule has 0 saturated carbocycles. The van der Waals surface area contributed by atoms with Crippen LogP contribution >= 0.6 is 11.3 Å². The standard InChI is InChI=1S/C28H21N3O4S/c32-25(30-27-29-10-12-36-27)18-7-5-17(6-8-18)15-31-22-4-2-1-3-20(22)28(26(31)33)16-35-24-14-23-19(9-11-34-23)13-21(24)28/h1-8,10,12-14H,9,11,15-16H2,(H,29,30,32). The lowest BCUT2D eigenvalue weighted by molar-refractivity contribution is -0.122. The second-order valence-electron chi connectivity index (χ2n) is 9.15. The topological polar surface area (TPSA) is 80.8 Å². The minimum absolute atomic E-state index is 0.00639. The summed E-state index contributed by atoms with van der Waals surface area (Å²) in [7, 11) is 0. The van der Waals surface area contributed by atoms with E-state index in [0.717, 1.165) is 45.9 Å². The fraction of sp³-hybridized carbons (Fsp3) is 0.179. The number of ether oxygens (including phenoxy) is 2. The van der Waals surface area contributed by atoms with Gasteiger partial charge in [-0.2, -0.15) is 0 Å². The minimum Gasteiger partial charge on any atom is -0.493 e. The molecule has 3 aliphatic rings. The van der Waals surface area contributed by atoms with Crippen molar-refractivity contribution in [2.24, 2.45) is 0 Å². The molecule has 4 heterocycles. The van der Waals surface area contributed by atoms with Crippen molar-refractivity contribution in [3.05, 3.63) is 100 Å². The molecule has 1 spiro atoms. The Hall–Kier alpha value is -4.17. The fourth-order valence-corrected chi connectivity index (χ4v) is 5.93. The molecule has 3 aromatic carbocycles. The summed E-state index contributed by atoms with van der Waals surface area (Å²) in [6, 6.07) is 19.3. The second-order valence-corrected chi connectivity index (χ2v) is 10.0. The quantitative estimate of drug-likeness (QED) is 0.449. The highest BCUT2D eigenvalue weighted by molar-refractivity contribution is 7.13. The van der Waals surface area contributed by atoms with Gasteiger partial charge in [-0.05, 0) is 41.0 Å². The molecule has 7 nitrogen and oxygen atoms in total. The highest BCUT2D eigenvalue weighted by atomic mass is 32.1. The zero-order chi connectivity index (χ0) is 24.3. The molecule has 36 heavy (non-hydrogen) atoms. The van der Waals surface area contributed by atoms with Gasteiger partial charge in [0.15, 0.2) is 5.13 Å². The zero-order valence-electron chi connectivity index (χ0n) is 19.2. The van der Waals surface area contributed by atoms with Crippen LogP contribution in [0, 0.1) is 0 Å². The number of carbonyl (C=O) groups excluding carboxylic acids is 2. The molecular weight excluding hydrogens is 474 g/mol. The van der Waals surface area contributed by atoms with Gasteiger partial charge in [0, 0.05) is 40.9 Å². The summed E-state index contributed by atoms with van der Waals surface area (Å²) in [6.45, 7) is 1.32. The first kappa shape index (κ1) is 21.1. The average molecular weight is 496 g/mol. The van der Waals surface area contributed by atoms with Gasteiger partial charge in [-0.3, -0.25) is 14.9 Å². The maximum atomic E-state index is 14.2. The normalized spacial score (nSPS) is 19.0. The molecule has 4 aromatic rings. The monoisotopic (exact) mass is 495 g/mol. The number of hydrogen-bond acceptors (Lipinski definition) is 6. The van der Waals surface area contributed by atoms with Crippen LogP contribution < -0.4 is 19.7 Å². The summed E-state index contributed by atoms with van der Waals surface area (Å²) in [5.74, 6) is 1.36.